The molecule has 4 aromatic carbocycles. The van der Waals surface area contributed by atoms with E-state index in [9.17, 15) is 9.59 Å². The first-order valence-electron chi connectivity index (χ1n) is 15.6. The Balaban J connectivity index is 0. The Hall–Kier alpha value is -4.70. The Morgan fingerprint density at radius 1 is 0.638 bits per heavy atom. The van der Waals surface area contributed by atoms with Crippen molar-refractivity contribution in [1.82, 2.24) is 0 Å². The zero-order valence-corrected chi connectivity index (χ0v) is 28.6. The summed E-state index contributed by atoms with van der Waals surface area (Å²) < 4.78 is 10.2. The first-order chi connectivity index (χ1) is 22.1. The lowest BCUT2D eigenvalue weighted by molar-refractivity contribution is -0.120. The highest BCUT2D eigenvalue weighted by Crippen LogP contribution is 2.20. The zero-order chi connectivity index (χ0) is 33.9. The molecule has 0 bridgehead atoms. The van der Waals surface area contributed by atoms with Crippen LogP contribution in [0.3, 0.4) is 0 Å². The lowest BCUT2D eigenvalue weighted by Crippen LogP contribution is -2.43. The van der Waals surface area contributed by atoms with Crippen molar-refractivity contribution in [3.8, 4) is 11.5 Å². The maximum absolute atomic E-state index is 12.4. The van der Waals surface area contributed by atoms with Crippen molar-refractivity contribution in [2.24, 2.45) is 11.5 Å². The minimum atomic E-state index is -0.556. The molecule has 0 fully saturated rings. The van der Waals surface area contributed by atoms with Crippen LogP contribution in [0.1, 0.15) is 40.7 Å². The number of likely N-dealkylation sites (N-methyl/N-ethyl adjacent to an activating group) is 2. The summed E-state index contributed by atoms with van der Waals surface area (Å²) >= 11 is 0. The van der Waals surface area contributed by atoms with Crippen LogP contribution >= 0.6 is 0 Å². The van der Waals surface area contributed by atoms with Gasteiger partial charge in [0.15, 0.2) is 0 Å². The Morgan fingerprint density at radius 3 is 1.38 bits per heavy atom. The van der Waals surface area contributed by atoms with E-state index >= 15 is 0 Å². The van der Waals surface area contributed by atoms with Gasteiger partial charge in [-0.15, -0.1) is 0 Å². The van der Waals surface area contributed by atoms with E-state index in [0.717, 1.165) is 34.9 Å². The van der Waals surface area contributed by atoms with Gasteiger partial charge in [0, 0.05) is 28.3 Å². The van der Waals surface area contributed by atoms with Crippen LogP contribution in [-0.4, -0.2) is 57.7 Å². The molecule has 0 spiro atoms. The predicted octanol–water partition coefficient (Wildman–Crippen LogP) is 5.93. The van der Waals surface area contributed by atoms with Gasteiger partial charge in [-0.05, 0) is 78.9 Å². The summed E-state index contributed by atoms with van der Waals surface area (Å²) in [5.74, 6) is 1.33. The van der Waals surface area contributed by atoms with Crippen LogP contribution in [0.4, 0.5) is 11.4 Å². The highest BCUT2D eigenvalue weighted by atomic mass is 16.5. The average molecular weight is 649 g/mol. The third-order valence-corrected chi connectivity index (χ3v) is 7.10. The standard InChI is InChI=1S/C18H22N2O2.C17H20N2O2.C3H8.H2O.2H2/c1-20(15-9-11-16(22-2)12-10-15)18(21)17(19)13-8-14-6-4-3-5-7-14;1-19(14-8-10-15(21-2)11-9-14)17(20)16(18)12-13-6-4-3-5-7-13;1-3-2;;;/h3-7,9-12,17H,8,13,19H2,1-2H3;3-11,16H,12,18H2,1-2H3;3H2,1-2H3;1H2;2*1H/t17-;16-;;;;/m00..../s1. The SMILES string of the molecule is CCC.COc1ccc(N(C)C(=O)[C@@H](N)CCc2ccccc2)cc1.COc1ccc(N(C)C(=O)[C@@H](N)Cc2ccccc2)cc1.O.[HH].[HH]. The molecule has 0 heterocycles. The molecule has 6 N–H and O–H groups in total. The molecule has 9 nitrogen and oxygen atoms in total. The number of aryl methyl sites for hydroxylation is 1. The molecule has 9 heteroatoms. The molecule has 0 unspecified atom stereocenters. The molecule has 0 aliphatic rings. The number of carbonyl (C=O) groups is 2. The van der Waals surface area contributed by atoms with Crippen LogP contribution in [0.25, 0.3) is 0 Å². The number of nitrogens with two attached hydrogens (primary N) is 2. The molecular weight excluding hydrogens is 592 g/mol. The summed E-state index contributed by atoms with van der Waals surface area (Å²) in [5.41, 5.74) is 15.9. The molecule has 0 aliphatic carbocycles. The van der Waals surface area contributed by atoms with Gasteiger partial charge in [-0.2, -0.15) is 0 Å². The summed E-state index contributed by atoms with van der Waals surface area (Å²) in [6.45, 7) is 4.25. The maximum Gasteiger partial charge on any atom is 0.243 e. The number of rotatable bonds is 11. The van der Waals surface area contributed by atoms with E-state index in [1.807, 2.05) is 109 Å². The van der Waals surface area contributed by atoms with Crippen molar-refractivity contribution in [1.29, 1.82) is 0 Å². The quantitative estimate of drug-likeness (QED) is 0.206. The lowest BCUT2D eigenvalue weighted by Gasteiger charge is -2.21. The second kappa shape index (κ2) is 21.9. The molecule has 0 radical (unpaired) electrons. The molecule has 258 valence electrons. The Kier molecular flexibility index (Phi) is 18.8. The van der Waals surface area contributed by atoms with E-state index in [1.165, 1.54) is 12.0 Å². The van der Waals surface area contributed by atoms with E-state index < -0.39 is 12.1 Å². The fourth-order valence-corrected chi connectivity index (χ4v) is 4.41. The number of ether oxygens (including phenoxy) is 2. The summed E-state index contributed by atoms with van der Waals surface area (Å²) in [6.07, 6.45) is 3.20. The van der Waals surface area contributed by atoms with Gasteiger partial charge in [-0.25, -0.2) is 0 Å². The van der Waals surface area contributed by atoms with Crippen molar-refractivity contribution < 1.29 is 27.4 Å². The van der Waals surface area contributed by atoms with Gasteiger partial charge in [0.05, 0.1) is 26.3 Å². The van der Waals surface area contributed by atoms with Gasteiger partial charge >= 0.3 is 0 Å². The molecular formula is C38H56N4O5. The molecule has 2 amide bonds. The molecule has 4 rings (SSSR count). The van der Waals surface area contributed by atoms with E-state index in [2.05, 4.69) is 13.8 Å². The van der Waals surface area contributed by atoms with E-state index in [1.54, 1.807) is 38.1 Å². The first-order valence-corrected chi connectivity index (χ1v) is 15.6. The Labute approximate surface area is 283 Å². The number of hydrogen-bond acceptors (Lipinski definition) is 6. The topological polar surface area (TPSA) is 143 Å². The number of benzene rings is 4. The number of amides is 2. The van der Waals surface area contributed by atoms with Crippen LogP contribution < -0.4 is 30.7 Å². The van der Waals surface area contributed by atoms with E-state index in [4.69, 9.17) is 20.9 Å². The zero-order valence-electron chi connectivity index (χ0n) is 28.6. The number of methoxy groups -OCH3 is 2. The normalized spacial score (nSPS) is 11.1. The van der Waals surface area contributed by atoms with Gasteiger partial charge in [-0.3, -0.25) is 9.59 Å². The fourth-order valence-electron chi connectivity index (χ4n) is 4.41. The Bertz CT molecular complexity index is 1430. The largest absolute Gasteiger partial charge is 0.497 e. The molecule has 0 aliphatic heterocycles. The second-order valence-electron chi connectivity index (χ2n) is 10.8. The van der Waals surface area contributed by atoms with Gasteiger partial charge in [-0.1, -0.05) is 80.9 Å². The maximum atomic E-state index is 12.4. The van der Waals surface area contributed by atoms with Crippen LogP contribution in [0, 0.1) is 0 Å². The van der Waals surface area contributed by atoms with Crippen LogP contribution in [-0.2, 0) is 22.4 Å². The fraction of sp³-hybridized carbons (Fsp3) is 0.316. The van der Waals surface area contributed by atoms with Gasteiger partial charge in [0.2, 0.25) is 11.8 Å². The number of nitrogens with zero attached hydrogens (tertiary/aromatic N) is 2. The first kappa shape index (κ1) is 40.3. The monoisotopic (exact) mass is 648 g/mol. The van der Waals surface area contributed by atoms with Crippen molar-refractivity contribution in [2.75, 3.05) is 38.1 Å². The summed E-state index contributed by atoms with van der Waals surface area (Å²) in [4.78, 5) is 27.9. The van der Waals surface area contributed by atoms with Crippen LogP contribution in [0.5, 0.6) is 11.5 Å². The second-order valence-corrected chi connectivity index (χ2v) is 10.8. The Morgan fingerprint density at radius 2 is 1.00 bits per heavy atom. The molecule has 4 aromatic rings. The predicted molar refractivity (Wildman–Crippen MR) is 197 cm³/mol. The number of carbonyl (C=O) groups excluding carboxylic acids is 2. The van der Waals surface area contributed by atoms with Crippen LogP contribution in [0.15, 0.2) is 109 Å². The summed E-state index contributed by atoms with van der Waals surface area (Å²) in [7, 11) is 6.70. The van der Waals surface area contributed by atoms with Crippen molar-refractivity contribution >= 4 is 23.2 Å². The van der Waals surface area contributed by atoms with Gasteiger partial charge in [0.1, 0.15) is 11.5 Å². The number of hydrogen-bond donors (Lipinski definition) is 2. The molecule has 0 saturated heterocycles. The third-order valence-electron chi connectivity index (χ3n) is 7.10. The summed E-state index contributed by atoms with van der Waals surface area (Å²) in [6, 6.07) is 33.4. The molecule has 2 atom stereocenters. The smallest absolute Gasteiger partial charge is 0.243 e. The highest BCUT2D eigenvalue weighted by Gasteiger charge is 2.20. The van der Waals surface area contributed by atoms with E-state index in [0.29, 0.717) is 12.8 Å². The van der Waals surface area contributed by atoms with Gasteiger partial charge in [0.25, 0.3) is 0 Å². The van der Waals surface area contributed by atoms with Crippen molar-refractivity contribution in [3.05, 3.63) is 120 Å². The summed E-state index contributed by atoms with van der Waals surface area (Å²) in [5, 5.41) is 0. The van der Waals surface area contributed by atoms with Gasteiger partial charge < -0.3 is 36.2 Å². The highest BCUT2D eigenvalue weighted by molar-refractivity contribution is 5.97. The van der Waals surface area contributed by atoms with Crippen molar-refractivity contribution in [2.45, 2.75) is 51.6 Å². The molecule has 47 heavy (non-hydrogen) atoms. The number of anilines is 2. The third kappa shape index (κ3) is 13.7. The van der Waals surface area contributed by atoms with Crippen LogP contribution in [0.2, 0.25) is 0 Å². The average Bonchev–Trinajstić information content (AvgIpc) is 3.10. The molecule has 0 saturated carbocycles. The lowest BCUT2D eigenvalue weighted by atomic mass is 10.0. The minimum absolute atomic E-state index is 0. The van der Waals surface area contributed by atoms with E-state index in [-0.39, 0.29) is 20.1 Å². The molecule has 0 aromatic heterocycles. The van der Waals surface area contributed by atoms with Crippen molar-refractivity contribution in [3.63, 3.8) is 0 Å². The minimum Gasteiger partial charge on any atom is -0.497 e.